The van der Waals surface area contributed by atoms with Crippen LogP contribution < -0.4 is 10.9 Å². The third kappa shape index (κ3) is 4.43. The van der Waals surface area contributed by atoms with Crippen molar-refractivity contribution in [3.63, 3.8) is 0 Å². The molecule has 0 bridgehead atoms. The third-order valence-electron chi connectivity index (χ3n) is 5.17. The van der Waals surface area contributed by atoms with Crippen LogP contribution in [0, 0.1) is 27.7 Å². The molecular weight excluding hydrogens is 426 g/mol. The number of hydrogen-bond donors (Lipinski definition) is 1. The van der Waals surface area contributed by atoms with Gasteiger partial charge in [0.25, 0.3) is 5.56 Å². The molecule has 0 saturated carbocycles. The number of rotatable bonds is 5. The summed E-state index contributed by atoms with van der Waals surface area (Å²) in [6.45, 7) is 8.05. The number of thioether (sulfide) groups is 1. The predicted octanol–water partition coefficient (Wildman–Crippen LogP) is 5.41. The summed E-state index contributed by atoms with van der Waals surface area (Å²) < 4.78 is 2.24. The molecule has 2 heterocycles. The van der Waals surface area contributed by atoms with Gasteiger partial charge in [-0.1, -0.05) is 35.5 Å². The van der Waals surface area contributed by atoms with Crippen LogP contribution in [-0.2, 0) is 4.79 Å². The van der Waals surface area contributed by atoms with E-state index in [0.717, 1.165) is 28.1 Å². The van der Waals surface area contributed by atoms with E-state index < -0.39 is 0 Å². The molecule has 4 aromatic rings. The van der Waals surface area contributed by atoms with Crippen molar-refractivity contribution in [1.82, 2.24) is 9.55 Å². The van der Waals surface area contributed by atoms with Gasteiger partial charge in [-0.2, -0.15) is 0 Å². The summed E-state index contributed by atoms with van der Waals surface area (Å²) in [7, 11) is 0. The Kier molecular flexibility index (Phi) is 5.98. The Labute approximate surface area is 189 Å². The molecule has 2 aromatic heterocycles. The Morgan fingerprint density at radius 3 is 2.58 bits per heavy atom. The number of thiophene rings is 1. The van der Waals surface area contributed by atoms with Crippen LogP contribution in [0.3, 0.4) is 0 Å². The Bertz CT molecular complexity index is 1350. The molecule has 0 aliphatic rings. The van der Waals surface area contributed by atoms with E-state index >= 15 is 0 Å². The van der Waals surface area contributed by atoms with Gasteiger partial charge in [0.2, 0.25) is 5.91 Å². The first-order valence-corrected chi connectivity index (χ1v) is 11.8. The van der Waals surface area contributed by atoms with Crippen LogP contribution >= 0.6 is 23.1 Å². The molecule has 0 spiro atoms. The molecule has 0 atom stereocenters. The molecule has 158 valence electrons. The number of fused-ring (bicyclic) bond motifs is 1. The molecule has 0 fully saturated rings. The van der Waals surface area contributed by atoms with Gasteiger partial charge in [0.15, 0.2) is 5.16 Å². The fourth-order valence-corrected chi connectivity index (χ4v) is 4.97. The van der Waals surface area contributed by atoms with Gasteiger partial charge in [0.05, 0.1) is 17.0 Å². The smallest absolute Gasteiger partial charge is 0.276 e. The SMILES string of the molecule is Cc1ccc(-n2c(SCC(=O)Nc3ccc(C)c(C)c3)nc3ccsc3c2=O)c(C)c1. The summed E-state index contributed by atoms with van der Waals surface area (Å²) in [6, 6.07) is 13.6. The van der Waals surface area contributed by atoms with Crippen LogP contribution in [0.15, 0.2) is 57.8 Å². The van der Waals surface area contributed by atoms with E-state index in [1.54, 1.807) is 4.57 Å². The van der Waals surface area contributed by atoms with E-state index in [2.05, 4.69) is 5.32 Å². The summed E-state index contributed by atoms with van der Waals surface area (Å²) in [4.78, 5) is 30.6. The number of benzene rings is 2. The summed E-state index contributed by atoms with van der Waals surface area (Å²) in [5.41, 5.74) is 6.52. The monoisotopic (exact) mass is 449 g/mol. The molecular formula is C24H23N3O2S2. The van der Waals surface area contributed by atoms with Crippen molar-refractivity contribution in [2.75, 3.05) is 11.1 Å². The minimum absolute atomic E-state index is 0.107. The van der Waals surface area contributed by atoms with Gasteiger partial charge >= 0.3 is 0 Å². The fraction of sp³-hybridized carbons (Fsp3) is 0.208. The first-order chi connectivity index (χ1) is 14.8. The molecule has 0 saturated heterocycles. The topological polar surface area (TPSA) is 64.0 Å². The predicted molar refractivity (Wildman–Crippen MR) is 130 cm³/mol. The molecule has 2 aromatic carbocycles. The van der Waals surface area contributed by atoms with E-state index in [4.69, 9.17) is 4.98 Å². The van der Waals surface area contributed by atoms with Gasteiger partial charge in [-0.05, 0) is 74.0 Å². The second kappa shape index (κ2) is 8.69. The normalized spacial score (nSPS) is 11.1. The number of carbonyl (C=O) groups excluding carboxylic acids is 1. The van der Waals surface area contributed by atoms with Crippen molar-refractivity contribution in [3.8, 4) is 5.69 Å². The average molecular weight is 450 g/mol. The molecule has 0 radical (unpaired) electrons. The molecule has 1 amide bonds. The summed E-state index contributed by atoms with van der Waals surface area (Å²) in [6.07, 6.45) is 0. The van der Waals surface area contributed by atoms with Gasteiger partial charge in [-0.15, -0.1) is 11.3 Å². The van der Waals surface area contributed by atoms with Gasteiger partial charge in [-0.3, -0.25) is 14.2 Å². The highest BCUT2D eigenvalue weighted by atomic mass is 32.2. The van der Waals surface area contributed by atoms with Crippen LogP contribution in [0.25, 0.3) is 15.9 Å². The van der Waals surface area contributed by atoms with E-state index in [1.807, 2.05) is 75.5 Å². The van der Waals surface area contributed by atoms with Gasteiger partial charge < -0.3 is 5.32 Å². The molecule has 7 heteroatoms. The second-order valence-corrected chi connectivity index (χ2v) is 9.45. The Morgan fingerprint density at radius 1 is 1.03 bits per heavy atom. The number of carbonyl (C=O) groups is 1. The maximum Gasteiger partial charge on any atom is 0.276 e. The van der Waals surface area contributed by atoms with E-state index in [0.29, 0.717) is 15.4 Å². The molecule has 0 unspecified atom stereocenters. The maximum atomic E-state index is 13.3. The van der Waals surface area contributed by atoms with Crippen molar-refractivity contribution in [2.24, 2.45) is 0 Å². The van der Waals surface area contributed by atoms with E-state index in [-0.39, 0.29) is 17.2 Å². The Morgan fingerprint density at radius 2 is 1.84 bits per heavy atom. The highest BCUT2D eigenvalue weighted by Crippen LogP contribution is 2.26. The lowest BCUT2D eigenvalue weighted by molar-refractivity contribution is -0.113. The Balaban J connectivity index is 1.65. The van der Waals surface area contributed by atoms with Crippen LogP contribution in [-0.4, -0.2) is 21.2 Å². The van der Waals surface area contributed by atoms with Gasteiger partial charge in [-0.25, -0.2) is 4.98 Å². The minimum atomic E-state index is -0.139. The van der Waals surface area contributed by atoms with Crippen molar-refractivity contribution in [1.29, 1.82) is 0 Å². The first-order valence-electron chi connectivity index (χ1n) is 9.91. The molecule has 0 aliphatic heterocycles. The number of anilines is 1. The van der Waals surface area contributed by atoms with Crippen LogP contribution in [0.2, 0.25) is 0 Å². The molecule has 5 nitrogen and oxygen atoms in total. The maximum absolute atomic E-state index is 13.3. The van der Waals surface area contributed by atoms with E-state index in [1.165, 1.54) is 28.7 Å². The van der Waals surface area contributed by atoms with Crippen LogP contribution in [0.5, 0.6) is 0 Å². The lowest BCUT2D eigenvalue weighted by Crippen LogP contribution is -2.23. The lowest BCUT2D eigenvalue weighted by Gasteiger charge is -2.15. The number of nitrogens with zero attached hydrogens (tertiary/aromatic N) is 2. The quantitative estimate of drug-likeness (QED) is 0.327. The van der Waals surface area contributed by atoms with E-state index in [9.17, 15) is 9.59 Å². The zero-order valence-corrected chi connectivity index (χ0v) is 19.5. The molecule has 31 heavy (non-hydrogen) atoms. The number of nitrogens with one attached hydrogen (secondary N) is 1. The standard InChI is InChI=1S/C24H23N3O2S2/c1-14-5-8-20(17(4)11-14)27-23(29)22-19(9-10-30-22)26-24(27)31-13-21(28)25-18-7-6-15(2)16(3)12-18/h5-12H,13H2,1-4H3,(H,25,28). The average Bonchev–Trinajstić information content (AvgIpc) is 3.19. The fourth-order valence-electron chi connectivity index (χ4n) is 3.40. The second-order valence-electron chi connectivity index (χ2n) is 7.60. The highest BCUT2D eigenvalue weighted by molar-refractivity contribution is 7.99. The number of hydrogen-bond acceptors (Lipinski definition) is 5. The number of aromatic nitrogens is 2. The third-order valence-corrected chi connectivity index (χ3v) is 7.00. The largest absolute Gasteiger partial charge is 0.325 e. The zero-order chi connectivity index (χ0) is 22.1. The van der Waals surface area contributed by atoms with Crippen LogP contribution in [0.4, 0.5) is 5.69 Å². The minimum Gasteiger partial charge on any atom is -0.325 e. The first kappa shape index (κ1) is 21.3. The highest BCUT2D eigenvalue weighted by Gasteiger charge is 2.17. The molecule has 1 N–H and O–H groups in total. The van der Waals surface area contributed by atoms with Crippen molar-refractivity contribution in [2.45, 2.75) is 32.9 Å². The van der Waals surface area contributed by atoms with Crippen molar-refractivity contribution in [3.05, 3.63) is 80.5 Å². The summed E-state index contributed by atoms with van der Waals surface area (Å²) in [5, 5.41) is 5.31. The van der Waals surface area contributed by atoms with Gasteiger partial charge in [0.1, 0.15) is 4.70 Å². The molecule has 0 aliphatic carbocycles. The van der Waals surface area contributed by atoms with Crippen LogP contribution in [0.1, 0.15) is 22.3 Å². The number of amides is 1. The molecule has 4 rings (SSSR count). The Hall–Kier alpha value is -2.90. The van der Waals surface area contributed by atoms with Crippen molar-refractivity contribution >= 4 is 44.9 Å². The number of aryl methyl sites for hydroxylation is 4. The zero-order valence-electron chi connectivity index (χ0n) is 17.9. The summed E-state index contributed by atoms with van der Waals surface area (Å²) in [5.74, 6) is 0.0139. The van der Waals surface area contributed by atoms with Crippen molar-refractivity contribution < 1.29 is 4.79 Å². The summed E-state index contributed by atoms with van der Waals surface area (Å²) >= 11 is 2.65. The van der Waals surface area contributed by atoms with Gasteiger partial charge in [0, 0.05) is 5.69 Å². The lowest BCUT2D eigenvalue weighted by atomic mass is 10.1.